The monoisotopic (exact) mass is 248 g/mol. The van der Waals surface area contributed by atoms with E-state index in [1.165, 1.54) is 25.7 Å². The molecule has 0 radical (unpaired) electrons. The van der Waals surface area contributed by atoms with Crippen LogP contribution in [0.25, 0.3) is 0 Å². The zero-order chi connectivity index (χ0) is 13.0. The summed E-state index contributed by atoms with van der Waals surface area (Å²) < 4.78 is 5.20. The molecular weight excluding hydrogens is 228 g/mol. The number of carbonyl (C=O) groups is 1. The molecule has 0 bridgehead atoms. The van der Waals surface area contributed by atoms with E-state index in [-0.39, 0.29) is 5.91 Å². The minimum Gasteiger partial charge on any atom is -0.494 e. The molecule has 3 N–H and O–H groups in total. The summed E-state index contributed by atoms with van der Waals surface area (Å²) in [6, 6.07) is 5.25. The summed E-state index contributed by atoms with van der Waals surface area (Å²) in [5.74, 6) is 1.21. The van der Waals surface area contributed by atoms with Crippen LogP contribution in [-0.2, 0) is 4.79 Å². The quantitative estimate of drug-likeness (QED) is 0.805. The average molecular weight is 248 g/mol. The number of methoxy groups -OCH3 is 1. The third-order valence-corrected chi connectivity index (χ3v) is 3.45. The molecule has 0 atom stereocenters. The molecule has 1 aliphatic carbocycles. The lowest BCUT2D eigenvalue weighted by molar-refractivity contribution is -0.117. The highest BCUT2D eigenvalue weighted by molar-refractivity contribution is 5.92. The first-order valence-electron chi connectivity index (χ1n) is 6.42. The van der Waals surface area contributed by atoms with Crippen molar-refractivity contribution >= 4 is 17.3 Å². The highest BCUT2D eigenvalue weighted by atomic mass is 16.5. The van der Waals surface area contributed by atoms with Crippen LogP contribution in [0.3, 0.4) is 0 Å². The number of nitrogens with two attached hydrogens (primary N) is 1. The predicted molar refractivity (Wildman–Crippen MR) is 72.6 cm³/mol. The minimum absolute atomic E-state index is 0.0602. The molecule has 1 aliphatic rings. The Morgan fingerprint density at radius 2 is 2.17 bits per heavy atom. The number of anilines is 2. The number of nitrogen functional groups attached to an aromatic ring is 1. The minimum atomic E-state index is 0.0602. The molecule has 0 aliphatic heterocycles. The number of carbonyl (C=O) groups excluding carboxylic acids is 1. The molecule has 1 amide bonds. The molecule has 18 heavy (non-hydrogen) atoms. The van der Waals surface area contributed by atoms with Gasteiger partial charge in [-0.15, -0.1) is 0 Å². The SMILES string of the molecule is COc1cc(N)ccc1NC(=O)CC1CCCC1. The molecule has 4 heteroatoms. The number of amides is 1. The maximum Gasteiger partial charge on any atom is 0.224 e. The van der Waals surface area contributed by atoms with Gasteiger partial charge in [0.2, 0.25) is 5.91 Å². The highest BCUT2D eigenvalue weighted by Gasteiger charge is 2.19. The van der Waals surface area contributed by atoms with Crippen LogP contribution in [0.5, 0.6) is 5.75 Å². The van der Waals surface area contributed by atoms with Crippen LogP contribution in [0, 0.1) is 5.92 Å². The number of rotatable bonds is 4. The molecule has 2 rings (SSSR count). The Bertz CT molecular complexity index is 426. The van der Waals surface area contributed by atoms with Crippen LogP contribution >= 0.6 is 0 Å². The van der Waals surface area contributed by atoms with E-state index in [4.69, 9.17) is 10.5 Å². The standard InChI is InChI=1S/C14H20N2O2/c1-18-13-9-11(15)6-7-12(13)16-14(17)8-10-4-2-3-5-10/h6-7,9-10H,2-5,8,15H2,1H3,(H,16,17). The van der Waals surface area contributed by atoms with Crippen molar-refractivity contribution in [2.45, 2.75) is 32.1 Å². The fourth-order valence-electron chi connectivity index (χ4n) is 2.49. The Labute approximate surface area is 108 Å². The van der Waals surface area contributed by atoms with Crippen LogP contribution in [0.1, 0.15) is 32.1 Å². The summed E-state index contributed by atoms with van der Waals surface area (Å²) in [5, 5.41) is 2.90. The summed E-state index contributed by atoms with van der Waals surface area (Å²) in [6.45, 7) is 0. The van der Waals surface area contributed by atoms with Crippen LogP contribution in [0.15, 0.2) is 18.2 Å². The van der Waals surface area contributed by atoms with Crippen LogP contribution in [0.2, 0.25) is 0 Å². The van der Waals surface area contributed by atoms with Crippen LogP contribution < -0.4 is 15.8 Å². The van der Waals surface area contributed by atoms with Gasteiger partial charge in [-0.25, -0.2) is 0 Å². The predicted octanol–water partition coefficient (Wildman–Crippen LogP) is 2.80. The van der Waals surface area contributed by atoms with Gasteiger partial charge >= 0.3 is 0 Å². The maximum absolute atomic E-state index is 11.9. The molecule has 98 valence electrons. The number of hydrogen-bond acceptors (Lipinski definition) is 3. The van der Waals surface area contributed by atoms with Gasteiger partial charge in [0.05, 0.1) is 12.8 Å². The molecular formula is C14H20N2O2. The Balaban J connectivity index is 1.97. The first-order chi connectivity index (χ1) is 8.69. The Morgan fingerprint density at radius 1 is 1.44 bits per heavy atom. The fraction of sp³-hybridized carbons (Fsp3) is 0.500. The van der Waals surface area contributed by atoms with Crippen molar-refractivity contribution < 1.29 is 9.53 Å². The molecule has 4 nitrogen and oxygen atoms in total. The molecule has 1 fully saturated rings. The van der Waals surface area contributed by atoms with Crippen molar-refractivity contribution in [3.8, 4) is 5.75 Å². The zero-order valence-electron chi connectivity index (χ0n) is 10.7. The van der Waals surface area contributed by atoms with E-state index in [0.29, 0.717) is 29.5 Å². The first-order valence-corrected chi connectivity index (χ1v) is 6.42. The second-order valence-electron chi connectivity index (χ2n) is 4.86. The molecule has 1 aromatic carbocycles. The van der Waals surface area contributed by atoms with Gasteiger partial charge < -0.3 is 15.8 Å². The van der Waals surface area contributed by atoms with E-state index in [2.05, 4.69) is 5.32 Å². The van der Waals surface area contributed by atoms with Gasteiger partial charge in [-0.05, 0) is 30.9 Å². The van der Waals surface area contributed by atoms with Gasteiger partial charge in [-0.3, -0.25) is 4.79 Å². The lowest BCUT2D eigenvalue weighted by Gasteiger charge is -2.12. The summed E-state index contributed by atoms with van der Waals surface area (Å²) in [6.07, 6.45) is 5.46. The largest absolute Gasteiger partial charge is 0.494 e. The van der Waals surface area contributed by atoms with E-state index in [0.717, 1.165) is 0 Å². The summed E-state index contributed by atoms with van der Waals surface area (Å²) >= 11 is 0. The summed E-state index contributed by atoms with van der Waals surface area (Å²) in [4.78, 5) is 11.9. The van der Waals surface area contributed by atoms with E-state index in [9.17, 15) is 4.79 Å². The van der Waals surface area contributed by atoms with Crippen molar-refractivity contribution in [1.82, 2.24) is 0 Å². The average Bonchev–Trinajstić information content (AvgIpc) is 2.84. The van der Waals surface area contributed by atoms with E-state index in [1.54, 1.807) is 25.3 Å². The maximum atomic E-state index is 11.9. The molecule has 0 unspecified atom stereocenters. The van der Waals surface area contributed by atoms with Gasteiger partial charge in [-0.1, -0.05) is 12.8 Å². The van der Waals surface area contributed by atoms with E-state index < -0.39 is 0 Å². The van der Waals surface area contributed by atoms with Gasteiger partial charge in [-0.2, -0.15) is 0 Å². The Morgan fingerprint density at radius 3 is 2.83 bits per heavy atom. The van der Waals surface area contributed by atoms with Crippen molar-refractivity contribution in [1.29, 1.82) is 0 Å². The smallest absolute Gasteiger partial charge is 0.224 e. The first kappa shape index (κ1) is 12.7. The number of benzene rings is 1. The Kier molecular flexibility index (Phi) is 4.07. The van der Waals surface area contributed by atoms with E-state index >= 15 is 0 Å². The van der Waals surface area contributed by atoms with Crippen molar-refractivity contribution in [3.05, 3.63) is 18.2 Å². The number of ether oxygens (including phenoxy) is 1. The third kappa shape index (κ3) is 3.15. The lowest BCUT2D eigenvalue weighted by Crippen LogP contribution is -2.15. The molecule has 1 saturated carbocycles. The topological polar surface area (TPSA) is 64.3 Å². The molecule has 0 saturated heterocycles. The number of nitrogens with one attached hydrogen (secondary N) is 1. The van der Waals surface area contributed by atoms with Crippen molar-refractivity contribution in [2.75, 3.05) is 18.2 Å². The number of hydrogen-bond donors (Lipinski definition) is 2. The second kappa shape index (κ2) is 5.76. The highest BCUT2D eigenvalue weighted by Crippen LogP contribution is 2.30. The van der Waals surface area contributed by atoms with Gasteiger partial charge in [0, 0.05) is 18.2 Å². The third-order valence-electron chi connectivity index (χ3n) is 3.45. The van der Waals surface area contributed by atoms with Crippen molar-refractivity contribution in [3.63, 3.8) is 0 Å². The summed E-state index contributed by atoms with van der Waals surface area (Å²) in [7, 11) is 1.57. The second-order valence-corrected chi connectivity index (χ2v) is 4.86. The zero-order valence-corrected chi connectivity index (χ0v) is 10.7. The Hall–Kier alpha value is -1.71. The van der Waals surface area contributed by atoms with Gasteiger partial charge in [0.15, 0.2) is 0 Å². The van der Waals surface area contributed by atoms with Crippen LogP contribution in [0.4, 0.5) is 11.4 Å². The molecule has 0 aromatic heterocycles. The summed E-state index contributed by atoms with van der Waals surface area (Å²) in [5.41, 5.74) is 6.99. The lowest BCUT2D eigenvalue weighted by atomic mass is 10.0. The fourth-order valence-corrected chi connectivity index (χ4v) is 2.49. The molecule has 0 spiro atoms. The van der Waals surface area contributed by atoms with Crippen molar-refractivity contribution in [2.24, 2.45) is 5.92 Å². The van der Waals surface area contributed by atoms with Crippen LogP contribution in [-0.4, -0.2) is 13.0 Å². The van der Waals surface area contributed by atoms with Gasteiger partial charge in [0.25, 0.3) is 0 Å². The van der Waals surface area contributed by atoms with E-state index in [1.807, 2.05) is 0 Å². The molecule has 0 heterocycles. The normalized spacial score (nSPS) is 15.6. The molecule has 1 aromatic rings. The van der Waals surface area contributed by atoms with Gasteiger partial charge in [0.1, 0.15) is 5.75 Å².